The van der Waals surface area contributed by atoms with Crippen molar-refractivity contribution in [3.8, 4) is 0 Å². The van der Waals surface area contributed by atoms with Crippen LogP contribution in [0.25, 0.3) is 0 Å². The first-order chi connectivity index (χ1) is 35.5. The molecule has 0 radical (unpaired) electrons. The van der Waals surface area contributed by atoms with E-state index in [0.717, 1.165) is 83.5 Å². The van der Waals surface area contributed by atoms with E-state index in [2.05, 4.69) is 81.5 Å². The first-order valence-corrected chi connectivity index (χ1v) is 31.3. The van der Waals surface area contributed by atoms with E-state index in [4.69, 9.17) is 14.2 Å². The van der Waals surface area contributed by atoms with Gasteiger partial charge in [0.2, 0.25) is 0 Å². The summed E-state index contributed by atoms with van der Waals surface area (Å²) in [6.07, 6.45) is 76.8. The lowest BCUT2D eigenvalue weighted by atomic mass is 10.0. The molecule has 0 aliphatic rings. The summed E-state index contributed by atoms with van der Waals surface area (Å²) < 4.78 is 16.8. The van der Waals surface area contributed by atoms with Crippen molar-refractivity contribution in [1.82, 2.24) is 0 Å². The van der Waals surface area contributed by atoms with Crippen LogP contribution >= 0.6 is 0 Å². The highest BCUT2D eigenvalue weighted by atomic mass is 16.6. The number of hydrogen-bond acceptors (Lipinski definition) is 6. The lowest BCUT2D eigenvalue weighted by Crippen LogP contribution is -2.30. The van der Waals surface area contributed by atoms with Gasteiger partial charge in [-0.05, 0) is 83.5 Å². The maximum absolute atomic E-state index is 12.8. The Hall–Kier alpha value is -2.89. The molecule has 0 spiro atoms. The smallest absolute Gasteiger partial charge is 0.306 e. The van der Waals surface area contributed by atoms with E-state index in [1.807, 2.05) is 0 Å². The molecule has 1 atom stereocenters. The number of esters is 3. The molecule has 0 heterocycles. The van der Waals surface area contributed by atoms with Crippen LogP contribution in [0.3, 0.4) is 0 Å². The lowest BCUT2D eigenvalue weighted by Gasteiger charge is -2.18. The quantitative estimate of drug-likeness (QED) is 0.0261. The second-order valence-corrected chi connectivity index (χ2v) is 20.9. The van der Waals surface area contributed by atoms with Crippen LogP contribution in [0.15, 0.2) is 60.8 Å². The zero-order chi connectivity index (χ0) is 52.2. The van der Waals surface area contributed by atoms with E-state index < -0.39 is 6.10 Å². The number of rotatable bonds is 57. The molecule has 0 N–H and O–H groups in total. The predicted octanol–water partition coefficient (Wildman–Crippen LogP) is 21.2. The summed E-state index contributed by atoms with van der Waals surface area (Å²) in [5.41, 5.74) is 0. The molecule has 0 amide bonds. The fourth-order valence-corrected chi connectivity index (χ4v) is 9.08. The van der Waals surface area contributed by atoms with Crippen LogP contribution in [0.4, 0.5) is 0 Å². The summed E-state index contributed by atoms with van der Waals surface area (Å²) in [5.74, 6) is -0.929. The van der Waals surface area contributed by atoms with Crippen molar-refractivity contribution in [2.75, 3.05) is 13.2 Å². The van der Waals surface area contributed by atoms with Crippen LogP contribution in [0.5, 0.6) is 0 Å². The topological polar surface area (TPSA) is 78.9 Å². The maximum atomic E-state index is 12.8. The molecule has 0 fully saturated rings. The molecule has 0 bridgehead atoms. The second-order valence-electron chi connectivity index (χ2n) is 20.9. The first-order valence-electron chi connectivity index (χ1n) is 31.3. The normalized spacial score (nSPS) is 12.4. The Labute approximate surface area is 447 Å². The van der Waals surface area contributed by atoms with Gasteiger partial charge in [0.1, 0.15) is 13.2 Å². The molecule has 418 valence electrons. The Balaban J connectivity index is 4.21. The van der Waals surface area contributed by atoms with Gasteiger partial charge in [-0.15, -0.1) is 0 Å². The lowest BCUT2D eigenvalue weighted by molar-refractivity contribution is -0.167. The van der Waals surface area contributed by atoms with Gasteiger partial charge in [0, 0.05) is 19.3 Å². The summed E-state index contributed by atoms with van der Waals surface area (Å²) in [4.78, 5) is 38.1. The molecule has 6 heteroatoms. The molecule has 0 aromatic rings. The van der Waals surface area contributed by atoms with E-state index in [9.17, 15) is 14.4 Å². The molecule has 0 aromatic heterocycles. The van der Waals surface area contributed by atoms with Crippen LogP contribution < -0.4 is 0 Å². The van der Waals surface area contributed by atoms with Crippen molar-refractivity contribution in [3.63, 3.8) is 0 Å². The maximum Gasteiger partial charge on any atom is 0.306 e. The third-order valence-corrected chi connectivity index (χ3v) is 13.8. The van der Waals surface area contributed by atoms with Gasteiger partial charge in [-0.1, -0.05) is 281 Å². The Morgan fingerprint density at radius 2 is 0.542 bits per heavy atom. The summed E-state index contributed by atoms with van der Waals surface area (Å²) in [6.45, 7) is 6.50. The largest absolute Gasteiger partial charge is 0.462 e. The van der Waals surface area contributed by atoms with Crippen molar-refractivity contribution < 1.29 is 28.6 Å². The van der Waals surface area contributed by atoms with Crippen LogP contribution in [-0.4, -0.2) is 37.2 Å². The second kappa shape index (κ2) is 60.7. The zero-order valence-corrected chi connectivity index (χ0v) is 47.9. The van der Waals surface area contributed by atoms with Crippen molar-refractivity contribution in [2.45, 2.75) is 329 Å². The minimum atomic E-state index is -0.798. The Morgan fingerprint density at radius 3 is 0.917 bits per heavy atom. The molecule has 1 unspecified atom stereocenters. The number of ether oxygens (including phenoxy) is 3. The van der Waals surface area contributed by atoms with Gasteiger partial charge in [0.05, 0.1) is 0 Å². The van der Waals surface area contributed by atoms with Crippen LogP contribution in [0.2, 0.25) is 0 Å². The molecule has 0 aliphatic heterocycles. The summed E-state index contributed by atoms with van der Waals surface area (Å²) >= 11 is 0. The predicted molar refractivity (Wildman–Crippen MR) is 312 cm³/mol. The van der Waals surface area contributed by atoms with Gasteiger partial charge >= 0.3 is 17.9 Å². The highest BCUT2D eigenvalue weighted by Crippen LogP contribution is 2.17. The SMILES string of the molecule is CC/C=C\C/C=C\C/C=C\C/C=C\CCCCC(=O)OC(COC(=O)CCCCCCC/C=C\CCCCC)COC(=O)CCCCCCCCCCCCCCCCCCCCCCCCCCCCC. The van der Waals surface area contributed by atoms with Gasteiger partial charge in [-0.25, -0.2) is 0 Å². The van der Waals surface area contributed by atoms with Gasteiger partial charge in [-0.2, -0.15) is 0 Å². The van der Waals surface area contributed by atoms with Gasteiger partial charge in [0.15, 0.2) is 6.10 Å². The van der Waals surface area contributed by atoms with Crippen LogP contribution in [0, 0.1) is 0 Å². The monoisotopic (exact) mass is 1010 g/mol. The minimum absolute atomic E-state index is 0.0909. The molecule has 0 aromatic carbocycles. The van der Waals surface area contributed by atoms with Crippen molar-refractivity contribution in [3.05, 3.63) is 60.8 Å². The Bertz CT molecular complexity index is 1290. The average Bonchev–Trinajstić information content (AvgIpc) is 3.38. The van der Waals surface area contributed by atoms with Gasteiger partial charge in [0.25, 0.3) is 0 Å². The minimum Gasteiger partial charge on any atom is -0.462 e. The van der Waals surface area contributed by atoms with Crippen molar-refractivity contribution in [1.29, 1.82) is 0 Å². The molecule has 72 heavy (non-hydrogen) atoms. The summed E-state index contributed by atoms with van der Waals surface area (Å²) in [5, 5.41) is 0. The third kappa shape index (κ3) is 58.0. The molecular formula is C66H118O6. The zero-order valence-electron chi connectivity index (χ0n) is 47.9. The molecule has 0 saturated heterocycles. The van der Waals surface area contributed by atoms with E-state index in [0.29, 0.717) is 19.3 Å². The molecule has 6 nitrogen and oxygen atoms in total. The number of hydrogen-bond donors (Lipinski definition) is 0. The van der Waals surface area contributed by atoms with E-state index in [1.54, 1.807) is 0 Å². The molecule has 0 aliphatic carbocycles. The highest BCUT2D eigenvalue weighted by molar-refractivity contribution is 5.71. The fraction of sp³-hybridized carbons (Fsp3) is 0.803. The van der Waals surface area contributed by atoms with Gasteiger partial charge in [-0.3, -0.25) is 14.4 Å². The number of carbonyl (C=O) groups excluding carboxylic acids is 3. The average molecular weight is 1010 g/mol. The number of unbranched alkanes of at least 4 members (excludes halogenated alkanes) is 36. The Morgan fingerprint density at radius 1 is 0.292 bits per heavy atom. The van der Waals surface area contributed by atoms with Crippen LogP contribution in [-0.2, 0) is 28.6 Å². The van der Waals surface area contributed by atoms with E-state index in [-0.39, 0.29) is 37.5 Å². The van der Waals surface area contributed by atoms with Crippen LogP contribution in [0.1, 0.15) is 323 Å². The third-order valence-electron chi connectivity index (χ3n) is 13.8. The number of allylic oxidation sites excluding steroid dienone is 10. The van der Waals surface area contributed by atoms with E-state index >= 15 is 0 Å². The fourth-order valence-electron chi connectivity index (χ4n) is 9.08. The summed E-state index contributed by atoms with van der Waals surface area (Å²) in [7, 11) is 0. The Kier molecular flexibility index (Phi) is 58.2. The molecule has 0 rings (SSSR count). The molecular weight excluding hydrogens is 889 g/mol. The van der Waals surface area contributed by atoms with Crippen molar-refractivity contribution >= 4 is 17.9 Å². The first kappa shape index (κ1) is 69.1. The highest BCUT2D eigenvalue weighted by Gasteiger charge is 2.19. The molecule has 0 saturated carbocycles. The van der Waals surface area contributed by atoms with E-state index in [1.165, 1.54) is 193 Å². The number of carbonyl (C=O) groups is 3. The van der Waals surface area contributed by atoms with Crippen molar-refractivity contribution in [2.24, 2.45) is 0 Å². The standard InChI is InChI=1S/C66H118O6/c1-4-7-10-13-16-19-22-25-27-28-29-30-31-32-33-34-35-36-37-38-40-41-44-47-50-53-56-59-65(68)71-62-63(61-70-64(67)58-55-52-49-46-43-24-21-18-15-12-9-6-3)72-66(69)60-57-54-51-48-45-42-39-26-23-20-17-14-11-8-5-2/h8,11,17-18,20-21,26,39,45,48,63H,4-7,9-10,12-16,19,22-25,27-38,40-44,46-47,49-62H2,1-3H3/b11-8-,20-17-,21-18-,39-26-,48-45-. The van der Waals surface area contributed by atoms with Gasteiger partial charge < -0.3 is 14.2 Å². The summed E-state index contributed by atoms with van der Waals surface area (Å²) in [6, 6.07) is 0.